The number of nitrogens with zero attached hydrogens (tertiary/aromatic N) is 1. The number of carbonyl (C=O) groups is 1. The summed E-state index contributed by atoms with van der Waals surface area (Å²) in [6.07, 6.45) is 3.71. The van der Waals surface area contributed by atoms with E-state index in [1.54, 1.807) is 44.2 Å². The quantitative estimate of drug-likeness (QED) is 0.291. The van der Waals surface area contributed by atoms with E-state index in [9.17, 15) is 20.3 Å². The van der Waals surface area contributed by atoms with Crippen molar-refractivity contribution in [1.82, 2.24) is 0 Å². The molecule has 148 valence electrons. The average molecular weight is 390 g/mol. The van der Waals surface area contributed by atoms with E-state index in [0.717, 1.165) is 11.1 Å². The van der Waals surface area contributed by atoms with Crippen LogP contribution in [0.4, 0.5) is 5.69 Å². The maximum absolute atomic E-state index is 12.5. The summed E-state index contributed by atoms with van der Waals surface area (Å²) in [4.78, 5) is 12.5. The molecule has 0 aliphatic heterocycles. The van der Waals surface area contributed by atoms with Crippen LogP contribution in [0.2, 0.25) is 0 Å². The van der Waals surface area contributed by atoms with Gasteiger partial charge in [-0.1, -0.05) is 59.7 Å². The second-order valence-electron chi connectivity index (χ2n) is 6.59. The summed E-state index contributed by atoms with van der Waals surface area (Å²) < 4.78 is 5.30. The van der Waals surface area contributed by atoms with Gasteiger partial charge in [0.05, 0.1) is 5.56 Å². The molecular weight excluding hydrogens is 370 g/mol. The van der Waals surface area contributed by atoms with Crippen molar-refractivity contribution in [3.05, 3.63) is 88.5 Å². The number of benzene rings is 3. The molecule has 0 saturated heterocycles. The number of ether oxygens (including phenoxy) is 1. The molecule has 0 unspecified atom stereocenters. The Hall–Kier alpha value is -3.61. The number of esters is 1. The Morgan fingerprint density at radius 3 is 2.28 bits per heavy atom. The van der Waals surface area contributed by atoms with E-state index in [2.05, 4.69) is 0 Å². The lowest BCUT2D eigenvalue weighted by Gasteiger charge is -2.14. The van der Waals surface area contributed by atoms with Crippen LogP contribution in [0.5, 0.6) is 11.5 Å². The van der Waals surface area contributed by atoms with Crippen molar-refractivity contribution in [3.8, 4) is 11.5 Å². The molecule has 3 aromatic carbocycles. The Kier molecular flexibility index (Phi) is 5.97. The largest absolute Gasteiger partial charge is 0.872 e. The third kappa shape index (κ3) is 4.82. The Bertz CT molecular complexity index is 1050. The van der Waals surface area contributed by atoms with Gasteiger partial charge in [0.1, 0.15) is 5.69 Å². The smallest absolute Gasteiger partial charge is 0.343 e. The van der Waals surface area contributed by atoms with Crippen molar-refractivity contribution in [2.45, 2.75) is 13.8 Å². The highest BCUT2D eigenvalue weighted by Gasteiger charge is 2.14. The minimum absolute atomic E-state index is 0.0205. The monoisotopic (exact) mass is 390 g/mol. The number of rotatable bonds is 5. The molecule has 0 saturated carbocycles. The first-order chi connectivity index (χ1) is 13.8. The van der Waals surface area contributed by atoms with E-state index < -0.39 is 5.97 Å². The van der Waals surface area contributed by atoms with Gasteiger partial charge in [0.25, 0.3) is 0 Å². The fraction of sp³-hybridized carbons (Fsp3) is 0.0870. The number of hydrogen-bond acceptors (Lipinski definition) is 6. The van der Waals surface area contributed by atoms with Crippen molar-refractivity contribution < 1.29 is 25.1 Å². The molecule has 0 amide bonds. The maximum atomic E-state index is 12.5. The predicted octanol–water partition coefficient (Wildman–Crippen LogP) is 4.35. The Morgan fingerprint density at radius 2 is 1.59 bits per heavy atom. The van der Waals surface area contributed by atoms with Crippen LogP contribution in [-0.4, -0.2) is 16.4 Å². The Labute approximate surface area is 168 Å². The van der Waals surface area contributed by atoms with Crippen LogP contribution < -0.4 is 15.1 Å². The van der Waals surface area contributed by atoms with Crippen molar-refractivity contribution in [1.29, 1.82) is 0 Å². The van der Waals surface area contributed by atoms with E-state index >= 15 is 0 Å². The molecule has 6 heteroatoms. The van der Waals surface area contributed by atoms with Crippen molar-refractivity contribution >= 4 is 23.8 Å². The molecule has 0 fully saturated rings. The first-order valence-corrected chi connectivity index (χ1v) is 8.90. The zero-order valence-corrected chi connectivity index (χ0v) is 16.0. The molecule has 2 N–H and O–H groups in total. The summed E-state index contributed by atoms with van der Waals surface area (Å²) in [5.74, 6) is -0.569. The van der Waals surface area contributed by atoms with Crippen LogP contribution in [0, 0.1) is 13.8 Å². The van der Waals surface area contributed by atoms with Gasteiger partial charge in [0, 0.05) is 0 Å². The molecule has 0 aliphatic carbocycles. The molecule has 3 rings (SSSR count). The fourth-order valence-corrected chi connectivity index (χ4v) is 2.91. The third-order valence-corrected chi connectivity index (χ3v) is 4.36. The highest BCUT2D eigenvalue weighted by molar-refractivity contribution is 5.92. The molecule has 3 aromatic rings. The number of carbonyl (C=O) groups excluding carboxylic acids is 1. The van der Waals surface area contributed by atoms with Crippen LogP contribution in [-0.2, 0) is 0 Å². The molecule has 0 spiro atoms. The standard InChI is InChI=1S/C23H21NO5/c1-15-12-18(13-16(2)22(15)25)11-10-17-6-5-7-19(14-17)23(26)29-21-9-4-3-8-20(21)24(27)28/h3-14,25,27-28H,1-2H3/p-1. The Balaban J connectivity index is 1.80. The lowest BCUT2D eigenvalue weighted by atomic mass is 10.0. The van der Waals surface area contributed by atoms with Gasteiger partial charge < -0.3 is 9.84 Å². The lowest BCUT2D eigenvalue weighted by molar-refractivity contribution is -0.270. The number of aryl methyl sites for hydroxylation is 2. The highest BCUT2D eigenvalue weighted by Crippen LogP contribution is 2.27. The molecule has 0 aliphatic rings. The number of para-hydroxylation sites is 2. The summed E-state index contributed by atoms with van der Waals surface area (Å²) in [6.45, 7) is 3.56. The van der Waals surface area contributed by atoms with E-state index in [1.165, 1.54) is 12.1 Å². The average Bonchev–Trinajstić information content (AvgIpc) is 2.70. The van der Waals surface area contributed by atoms with E-state index in [1.807, 2.05) is 30.4 Å². The molecule has 0 radical (unpaired) electrons. The summed E-state index contributed by atoms with van der Waals surface area (Å²) in [5, 5.41) is 30.2. The van der Waals surface area contributed by atoms with Crippen molar-refractivity contribution in [2.75, 3.05) is 5.23 Å². The summed E-state index contributed by atoms with van der Waals surface area (Å²) in [7, 11) is 0. The topological polar surface area (TPSA) is 93.1 Å². The minimum Gasteiger partial charge on any atom is -0.872 e. The molecule has 0 bridgehead atoms. The lowest BCUT2D eigenvalue weighted by Crippen LogP contribution is -2.15. The number of anilines is 1. The molecular formula is C23H20NO5-. The van der Waals surface area contributed by atoms with Gasteiger partial charge in [0.15, 0.2) is 5.75 Å². The minimum atomic E-state index is -0.628. The van der Waals surface area contributed by atoms with Gasteiger partial charge in [-0.05, 0) is 49.2 Å². The van der Waals surface area contributed by atoms with Crippen LogP contribution >= 0.6 is 0 Å². The van der Waals surface area contributed by atoms with Gasteiger partial charge in [-0.3, -0.25) is 10.4 Å². The third-order valence-electron chi connectivity index (χ3n) is 4.36. The van der Waals surface area contributed by atoms with Gasteiger partial charge in [-0.2, -0.15) is 0 Å². The van der Waals surface area contributed by atoms with Gasteiger partial charge >= 0.3 is 5.97 Å². The van der Waals surface area contributed by atoms with Gasteiger partial charge in [0.2, 0.25) is 0 Å². The predicted molar refractivity (Wildman–Crippen MR) is 108 cm³/mol. The molecule has 29 heavy (non-hydrogen) atoms. The van der Waals surface area contributed by atoms with E-state index in [0.29, 0.717) is 16.7 Å². The fourth-order valence-electron chi connectivity index (χ4n) is 2.91. The summed E-state index contributed by atoms with van der Waals surface area (Å²) in [6, 6.07) is 16.5. The Morgan fingerprint density at radius 1 is 0.931 bits per heavy atom. The molecule has 0 heterocycles. The first kappa shape index (κ1) is 20.1. The summed E-state index contributed by atoms with van der Waals surface area (Å²) in [5.41, 5.74) is 3.30. The second kappa shape index (κ2) is 8.60. The van der Waals surface area contributed by atoms with Crippen LogP contribution in [0.25, 0.3) is 12.2 Å². The van der Waals surface area contributed by atoms with Gasteiger partial charge in [-0.25, -0.2) is 4.79 Å². The van der Waals surface area contributed by atoms with E-state index in [4.69, 9.17) is 4.74 Å². The van der Waals surface area contributed by atoms with Crippen LogP contribution in [0.15, 0.2) is 60.7 Å². The highest BCUT2D eigenvalue weighted by atomic mass is 16.8. The SMILES string of the molecule is Cc1cc(C=Cc2cccc(C(=O)Oc3ccccc3N(O)O)c2)cc(C)c1[O-]. The molecule has 6 nitrogen and oxygen atoms in total. The summed E-state index contributed by atoms with van der Waals surface area (Å²) >= 11 is 0. The van der Waals surface area contributed by atoms with Crippen LogP contribution in [0.1, 0.15) is 32.6 Å². The first-order valence-electron chi connectivity index (χ1n) is 8.90. The van der Waals surface area contributed by atoms with E-state index in [-0.39, 0.29) is 22.4 Å². The van der Waals surface area contributed by atoms with Crippen molar-refractivity contribution in [3.63, 3.8) is 0 Å². The zero-order chi connectivity index (χ0) is 21.0. The second-order valence-corrected chi connectivity index (χ2v) is 6.59. The normalized spacial score (nSPS) is 10.9. The van der Waals surface area contributed by atoms with Crippen molar-refractivity contribution in [2.24, 2.45) is 0 Å². The maximum Gasteiger partial charge on any atom is 0.343 e. The number of hydrogen-bond donors (Lipinski definition) is 2. The van der Waals surface area contributed by atoms with Gasteiger partial charge in [-0.15, -0.1) is 11.0 Å². The molecule has 0 aromatic heterocycles. The van der Waals surface area contributed by atoms with Crippen LogP contribution in [0.3, 0.4) is 0 Å². The zero-order valence-electron chi connectivity index (χ0n) is 16.0. The molecule has 0 atom stereocenters.